The van der Waals surface area contributed by atoms with E-state index in [1.165, 1.54) is 30.3 Å². The Morgan fingerprint density at radius 1 is 1.00 bits per heavy atom. The fourth-order valence-electron chi connectivity index (χ4n) is 3.08. The molecule has 0 bridgehead atoms. The van der Waals surface area contributed by atoms with Gasteiger partial charge in [-0.15, -0.1) is 0 Å². The van der Waals surface area contributed by atoms with E-state index in [4.69, 9.17) is 0 Å². The molecule has 0 atom stereocenters. The van der Waals surface area contributed by atoms with Gasteiger partial charge in [0.05, 0.1) is 16.2 Å². The molecule has 0 unspecified atom stereocenters. The van der Waals surface area contributed by atoms with Crippen LogP contribution in [0.1, 0.15) is 20.7 Å². The monoisotopic (exact) mass is 412 g/mol. The molecule has 3 aromatic carbocycles. The van der Waals surface area contributed by atoms with Gasteiger partial charge in [0.15, 0.2) is 0 Å². The topological polar surface area (TPSA) is 101 Å². The van der Waals surface area contributed by atoms with Gasteiger partial charge in [-0.2, -0.15) is 0 Å². The molecule has 8 heteroatoms. The van der Waals surface area contributed by atoms with Crippen LogP contribution in [0.4, 0.5) is 11.4 Å². The van der Waals surface area contributed by atoms with Gasteiger partial charge in [-0.3, -0.25) is 19.7 Å². The standard InChI is InChI=1S/C18H9BrN2O5/c19-16-11-2-1-3-12-15(11)13(8-14(16)21(25)26)18(24)20(17(12)23)9-4-6-10(22)7-5-9/h1-8,22H. The molecule has 7 nitrogen and oxygen atoms in total. The number of hydrogen-bond donors (Lipinski definition) is 1. The Balaban J connectivity index is 2.03. The first-order chi connectivity index (χ1) is 12.4. The van der Waals surface area contributed by atoms with E-state index < -0.39 is 16.7 Å². The molecule has 0 spiro atoms. The van der Waals surface area contributed by atoms with Crippen molar-refractivity contribution in [1.29, 1.82) is 0 Å². The first-order valence-electron chi connectivity index (χ1n) is 7.47. The first kappa shape index (κ1) is 16.2. The highest BCUT2D eigenvalue weighted by atomic mass is 79.9. The Bertz CT molecular complexity index is 1120. The number of anilines is 1. The zero-order valence-electron chi connectivity index (χ0n) is 13.0. The largest absolute Gasteiger partial charge is 0.508 e. The van der Waals surface area contributed by atoms with E-state index in [1.54, 1.807) is 18.2 Å². The van der Waals surface area contributed by atoms with Crippen LogP contribution in [0.15, 0.2) is 53.0 Å². The normalized spacial score (nSPS) is 13.3. The minimum atomic E-state index is -0.653. The van der Waals surface area contributed by atoms with E-state index >= 15 is 0 Å². The zero-order chi connectivity index (χ0) is 18.6. The third-order valence-electron chi connectivity index (χ3n) is 4.25. The van der Waals surface area contributed by atoms with Crippen molar-refractivity contribution >= 4 is 49.9 Å². The number of phenols is 1. The third kappa shape index (κ3) is 2.19. The van der Waals surface area contributed by atoms with Crippen LogP contribution in [0.3, 0.4) is 0 Å². The van der Waals surface area contributed by atoms with Crippen LogP contribution in [-0.4, -0.2) is 21.8 Å². The van der Waals surface area contributed by atoms with Gasteiger partial charge in [0, 0.05) is 22.4 Å². The van der Waals surface area contributed by atoms with Gasteiger partial charge in [-0.1, -0.05) is 12.1 Å². The lowest BCUT2D eigenvalue weighted by molar-refractivity contribution is -0.385. The molecule has 0 saturated heterocycles. The fraction of sp³-hybridized carbons (Fsp3) is 0. The second-order valence-corrected chi connectivity index (χ2v) is 6.50. The van der Waals surface area contributed by atoms with Crippen LogP contribution in [0.2, 0.25) is 0 Å². The molecular formula is C18H9BrN2O5. The summed E-state index contributed by atoms with van der Waals surface area (Å²) in [6, 6.07) is 11.6. The van der Waals surface area contributed by atoms with Crippen molar-refractivity contribution in [1.82, 2.24) is 0 Å². The number of benzene rings is 3. The van der Waals surface area contributed by atoms with E-state index in [1.807, 2.05) is 0 Å². The van der Waals surface area contributed by atoms with Crippen LogP contribution in [0.5, 0.6) is 5.75 Å². The molecule has 1 heterocycles. The Hall–Kier alpha value is -3.26. The number of hydrogen-bond acceptors (Lipinski definition) is 5. The maximum Gasteiger partial charge on any atom is 0.284 e. The molecule has 2 amide bonds. The highest BCUT2D eigenvalue weighted by Crippen LogP contribution is 2.40. The molecule has 3 aromatic rings. The molecule has 1 aliphatic heterocycles. The molecule has 0 fully saturated rings. The number of imide groups is 1. The number of rotatable bonds is 2. The summed E-state index contributed by atoms with van der Waals surface area (Å²) in [5.41, 5.74) is 0.378. The smallest absolute Gasteiger partial charge is 0.284 e. The summed E-state index contributed by atoms with van der Waals surface area (Å²) in [6.07, 6.45) is 0. The molecule has 0 radical (unpaired) electrons. The highest BCUT2D eigenvalue weighted by molar-refractivity contribution is 9.10. The van der Waals surface area contributed by atoms with Crippen molar-refractivity contribution in [2.24, 2.45) is 0 Å². The predicted octanol–water partition coefficient (Wildman–Crippen LogP) is 4.02. The number of nitro groups is 1. The van der Waals surface area contributed by atoms with Gasteiger partial charge in [0.25, 0.3) is 17.5 Å². The summed E-state index contributed by atoms with van der Waals surface area (Å²) in [7, 11) is 0. The Kier molecular flexibility index (Phi) is 3.52. The van der Waals surface area contributed by atoms with Crippen molar-refractivity contribution < 1.29 is 19.6 Å². The second kappa shape index (κ2) is 5.63. The van der Waals surface area contributed by atoms with E-state index in [0.717, 1.165) is 4.90 Å². The second-order valence-electron chi connectivity index (χ2n) is 5.70. The van der Waals surface area contributed by atoms with Crippen LogP contribution in [0.25, 0.3) is 10.8 Å². The van der Waals surface area contributed by atoms with Crippen LogP contribution in [0, 0.1) is 10.1 Å². The molecule has 1 aliphatic rings. The Morgan fingerprint density at radius 3 is 2.31 bits per heavy atom. The first-order valence-corrected chi connectivity index (χ1v) is 8.27. The average molecular weight is 413 g/mol. The molecule has 0 aliphatic carbocycles. The van der Waals surface area contributed by atoms with Crippen molar-refractivity contribution in [3.8, 4) is 5.75 Å². The van der Waals surface area contributed by atoms with Gasteiger partial charge in [-0.05, 0) is 46.3 Å². The van der Waals surface area contributed by atoms with Crippen LogP contribution in [-0.2, 0) is 0 Å². The number of halogens is 1. The highest BCUT2D eigenvalue weighted by Gasteiger charge is 2.36. The fourth-order valence-corrected chi connectivity index (χ4v) is 3.67. The third-order valence-corrected chi connectivity index (χ3v) is 5.08. The van der Waals surface area contributed by atoms with Gasteiger partial charge in [0.2, 0.25) is 0 Å². The minimum Gasteiger partial charge on any atom is -0.508 e. The number of nitrogens with zero attached hydrogens (tertiary/aromatic N) is 2. The number of nitro benzene ring substituents is 1. The molecule has 128 valence electrons. The number of carbonyl (C=O) groups excluding carboxylic acids is 2. The molecule has 4 rings (SSSR count). The Labute approximate surface area is 154 Å². The van der Waals surface area contributed by atoms with E-state index in [9.17, 15) is 24.8 Å². The van der Waals surface area contributed by atoms with Gasteiger partial charge in [0.1, 0.15) is 10.2 Å². The van der Waals surface area contributed by atoms with Crippen molar-refractivity contribution in [3.63, 3.8) is 0 Å². The number of amides is 2. The van der Waals surface area contributed by atoms with Crippen LogP contribution < -0.4 is 4.90 Å². The molecular weight excluding hydrogens is 404 g/mol. The molecule has 26 heavy (non-hydrogen) atoms. The summed E-state index contributed by atoms with van der Waals surface area (Å²) in [5.74, 6) is -1.19. The molecule has 1 N–H and O–H groups in total. The lowest BCUT2D eigenvalue weighted by Gasteiger charge is -2.27. The van der Waals surface area contributed by atoms with Crippen molar-refractivity contribution in [2.45, 2.75) is 0 Å². The quantitative estimate of drug-likeness (QED) is 0.389. The average Bonchev–Trinajstić information content (AvgIpc) is 2.62. The lowest BCUT2D eigenvalue weighted by Crippen LogP contribution is -2.40. The summed E-state index contributed by atoms with van der Waals surface area (Å²) in [5, 5.41) is 21.6. The predicted molar refractivity (Wildman–Crippen MR) is 97.5 cm³/mol. The molecule has 0 saturated carbocycles. The minimum absolute atomic E-state index is 0.00673. The van der Waals surface area contributed by atoms with Gasteiger partial charge < -0.3 is 5.11 Å². The summed E-state index contributed by atoms with van der Waals surface area (Å²) in [4.78, 5) is 37.6. The number of aromatic hydroxyl groups is 1. The van der Waals surface area contributed by atoms with Gasteiger partial charge in [-0.25, -0.2) is 4.90 Å². The summed E-state index contributed by atoms with van der Waals surface area (Å²) >= 11 is 3.21. The van der Waals surface area contributed by atoms with E-state index in [-0.39, 0.29) is 32.7 Å². The maximum atomic E-state index is 13.0. The van der Waals surface area contributed by atoms with E-state index in [0.29, 0.717) is 10.8 Å². The summed E-state index contributed by atoms with van der Waals surface area (Å²) in [6.45, 7) is 0. The lowest BCUT2D eigenvalue weighted by atomic mass is 9.93. The number of phenolic OH excluding ortho intramolecular Hbond substituents is 1. The van der Waals surface area contributed by atoms with Crippen molar-refractivity contribution in [2.75, 3.05) is 4.90 Å². The zero-order valence-corrected chi connectivity index (χ0v) is 14.6. The molecule has 0 aromatic heterocycles. The maximum absolute atomic E-state index is 13.0. The number of carbonyl (C=O) groups is 2. The van der Waals surface area contributed by atoms with Gasteiger partial charge >= 0.3 is 0 Å². The summed E-state index contributed by atoms with van der Waals surface area (Å²) < 4.78 is 0.224. The Morgan fingerprint density at radius 2 is 1.65 bits per heavy atom. The van der Waals surface area contributed by atoms with Crippen molar-refractivity contribution in [3.05, 3.63) is 74.2 Å². The van der Waals surface area contributed by atoms with E-state index in [2.05, 4.69) is 15.9 Å². The SMILES string of the molecule is O=C1c2cccc3c(Br)c([N+](=O)[O-])cc(c23)C(=O)N1c1ccc(O)cc1. The van der Waals surface area contributed by atoms with Crippen LogP contribution >= 0.6 is 15.9 Å².